The summed E-state index contributed by atoms with van der Waals surface area (Å²) in [5, 5.41) is 5.63. The van der Waals surface area contributed by atoms with Crippen LogP contribution in [0.3, 0.4) is 0 Å². The van der Waals surface area contributed by atoms with Crippen LogP contribution in [0.1, 0.15) is 16.1 Å². The van der Waals surface area contributed by atoms with Crippen molar-refractivity contribution in [3.63, 3.8) is 0 Å². The Morgan fingerprint density at radius 2 is 2.24 bits per heavy atom. The van der Waals surface area contributed by atoms with Crippen molar-refractivity contribution in [2.75, 3.05) is 5.43 Å². The van der Waals surface area contributed by atoms with Gasteiger partial charge in [-0.3, -0.25) is 5.43 Å². The Labute approximate surface area is 109 Å². The quantitative estimate of drug-likeness (QED) is 0.676. The van der Waals surface area contributed by atoms with Crippen molar-refractivity contribution in [3.05, 3.63) is 45.4 Å². The fourth-order valence-corrected chi connectivity index (χ4v) is 2.23. The number of aryl methyl sites for hydroxylation is 2. The monoisotopic (exact) mass is 265 g/mol. The van der Waals surface area contributed by atoms with Crippen molar-refractivity contribution in [1.82, 2.24) is 4.98 Å². The Hall–Kier alpha value is -1.39. The van der Waals surface area contributed by atoms with E-state index in [1.807, 2.05) is 38.1 Å². The van der Waals surface area contributed by atoms with Crippen LogP contribution in [0, 0.1) is 13.8 Å². The van der Waals surface area contributed by atoms with E-state index < -0.39 is 0 Å². The molecule has 17 heavy (non-hydrogen) atoms. The Kier molecular flexibility index (Phi) is 3.76. The molecule has 0 radical (unpaired) electrons. The van der Waals surface area contributed by atoms with E-state index in [4.69, 9.17) is 11.6 Å². The molecule has 2 rings (SSSR count). The van der Waals surface area contributed by atoms with Crippen LogP contribution in [-0.4, -0.2) is 11.2 Å². The van der Waals surface area contributed by atoms with Gasteiger partial charge in [0.25, 0.3) is 0 Å². The highest BCUT2D eigenvalue weighted by Crippen LogP contribution is 2.20. The molecule has 0 amide bonds. The van der Waals surface area contributed by atoms with Gasteiger partial charge in [0.05, 0.1) is 11.9 Å². The van der Waals surface area contributed by atoms with E-state index in [1.54, 1.807) is 17.6 Å². The topological polar surface area (TPSA) is 37.3 Å². The average Bonchev–Trinajstić information content (AvgIpc) is 2.58. The van der Waals surface area contributed by atoms with E-state index in [1.165, 1.54) is 4.88 Å². The van der Waals surface area contributed by atoms with Gasteiger partial charge in [-0.1, -0.05) is 23.7 Å². The molecule has 88 valence electrons. The van der Waals surface area contributed by atoms with Crippen molar-refractivity contribution in [2.24, 2.45) is 5.10 Å². The highest BCUT2D eigenvalue weighted by atomic mass is 35.5. The van der Waals surface area contributed by atoms with Gasteiger partial charge >= 0.3 is 0 Å². The fourth-order valence-electron chi connectivity index (χ4n) is 1.27. The average molecular weight is 266 g/mol. The maximum Gasteiger partial charge on any atom is 0.203 e. The van der Waals surface area contributed by atoms with E-state index in [0.29, 0.717) is 5.02 Å². The maximum atomic E-state index is 5.87. The molecule has 0 saturated heterocycles. The van der Waals surface area contributed by atoms with Crippen LogP contribution in [0.25, 0.3) is 0 Å². The minimum atomic E-state index is 0.704. The molecular formula is C12H12ClN3S. The molecule has 0 spiro atoms. The van der Waals surface area contributed by atoms with Gasteiger partial charge in [-0.05, 0) is 31.5 Å². The summed E-state index contributed by atoms with van der Waals surface area (Å²) in [6.07, 6.45) is 1.72. The molecule has 0 unspecified atom stereocenters. The van der Waals surface area contributed by atoms with Crippen molar-refractivity contribution in [1.29, 1.82) is 0 Å². The summed E-state index contributed by atoms with van der Waals surface area (Å²) in [4.78, 5) is 5.53. The number of hydrogen-bond donors (Lipinski definition) is 1. The van der Waals surface area contributed by atoms with Gasteiger partial charge in [0.2, 0.25) is 5.13 Å². The van der Waals surface area contributed by atoms with Crippen LogP contribution >= 0.6 is 22.9 Å². The Morgan fingerprint density at radius 1 is 1.41 bits per heavy atom. The second-order valence-corrected chi connectivity index (χ2v) is 5.23. The number of hydrogen-bond acceptors (Lipinski definition) is 4. The molecule has 1 aromatic heterocycles. The van der Waals surface area contributed by atoms with Crippen LogP contribution in [0.15, 0.2) is 29.4 Å². The number of anilines is 1. The van der Waals surface area contributed by atoms with Crippen molar-refractivity contribution in [2.45, 2.75) is 13.8 Å². The first-order valence-corrected chi connectivity index (χ1v) is 6.33. The van der Waals surface area contributed by atoms with Crippen molar-refractivity contribution >= 4 is 34.3 Å². The molecule has 3 nitrogen and oxygen atoms in total. The molecule has 1 N–H and O–H groups in total. The third-order valence-corrected chi connectivity index (χ3v) is 3.46. The minimum Gasteiger partial charge on any atom is -0.253 e. The van der Waals surface area contributed by atoms with E-state index in [0.717, 1.165) is 16.4 Å². The Morgan fingerprint density at radius 3 is 2.88 bits per heavy atom. The van der Waals surface area contributed by atoms with Gasteiger partial charge in [-0.15, -0.1) is 11.3 Å². The van der Waals surface area contributed by atoms with Crippen LogP contribution in [0.2, 0.25) is 5.02 Å². The van der Waals surface area contributed by atoms with Gasteiger partial charge in [0.15, 0.2) is 0 Å². The van der Waals surface area contributed by atoms with E-state index in [2.05, 4.69) is 15.5 Å². The lowest BCUT2D eigenvalue weighted by Gasteiger charge is -1.94. The van der Waals surface area contributed by atoms with Crippen LogP contribution in [-0.2, 0) is 0 Å². The first kappa shape index (κ1) is 12.1. The number of rotatable bonds is 3. The molecule has 0 aliphatic heterocycles. The number of aromatic nitrogens is 1. The first-order valence-electron chi connectivity index (χ1n) is 5.14. The van der Waals surface area contributed by atoms with Gasteiger partial charge in [0.1, 0.15) is 0 Å². The minimum absolute atomic E-state index is 0.704. The predicted octanol–water partition coefficient (Wildman–Crippen LogP) is 3.86. The van der Waals surface area contributed by atoms with Crippen LogP contribution in [0.4, 0.5) is 5.13 Å². The second-order valence-electron chi connectivity index (χ2n) is 3.59. The molecule has 1 heterocycles. The summed E-state index contributed by atoms with van der Waals surface area (Å²) < 4.78 is 0. The molecule has 2 aromatic rings. The number of nitrogens with zero attached hydrogens (tertiary/aromatic N) is 2. The van der Waals surface area contributed by atoms with E-state index in [-0.39, 0.29) is 0 Å². The van der Waals surface area contributed by atoms with Gasteiger partial charge in [-0.25, -0.2) is 4.98 Å². The Balaban J connectivity index is 2.02. The molecule has 0 bridgehead atoms. The number of halogens is 1. The molecule has 0 aliphatic carbocycles. The standard InChI is InChI=1S/C12H12ClN3S/c1-8-9(2)17-12(15-8)16-14-7-10-4-3-5-11(13)6-10/h3-7H,1-2H3,(H,15,16)/b14-7-. The van der Waals surface area contributed by atoms with Gasteiger partial charge in [-0.2, -0.15) is 5.10 Å². The maximum absolute atomic E-state index is 5.87. The van der Waals surface area contributed by atoms with Gasteiger partial charge in [0, 0.05) is 9.90 Å². The number of nitrogens with one attached hydrogen (secondary N) is 1. The molecule has 5 heteroatoms. The number of thiazole rings is 1. The molecule has 0 atom stereocenters. The summed E-state index contributed by atoms with van der Waals surface area (Å²) in [5.41, 5.74) is 4.90. The second kappa shape index (κ2) is 5.29. The summed E-state index contributed by atoms with van der Waals surface area (Å²) in [7, 11) is 0. The largest absolute Gasteiger partial charge is 0.253 e. The van der Waals surface area contributed by atoms with E-state index in [9.17, 15) is 0 Å². The van der Waals surface area contributed by atoms with Crippen LogP contribution in [0.5, 0.6) is 0 Å². The molecular weight excluding hydrogens is 254 g/mol. The van der Waals surface area contributed by atoms with Crippen molar-refractivity contribution < 1.29 is 0 Å². The summed E-state index contributed by atoms with van der Waals surface area (Å²) in [5.74, 6) is 0. The van der Waals surface area contributed by atoms with Crippen LogP contribution < -0.4 is 5.43 Å². The molecule has 0 fully saturated rings. The first-order chi connectivity index (χ1) is 8.15. The molecule has 0 aliphatic rings. The zero-order valence-electron chi connectivity index (χ0n) is 9.57. The summed E-state index contributed by atoms with van der Waals surface area (Å²) in [6, 6.07) is 7.52. The zero-order chi connectivity index (χ0) is 12.3. The fraction of sp³-hybridized carbons (Fsp3) is 0.167. The normalized spacial score (nSPS) is 11.0. The SMILES string of the molecule is Cc1nc(N/N=C\c2cccc(Cl)c2)sc1C. The lowest BCUT2D eigenvalue weighted by atomic mass is 10.2. The molecule has 0 saturated carbocycles. The lowest BCUT2D eigenvalue weighted by Crippen LogP contribution is -1.89. The highest BCUT2D eigenvalue weighted by molar-refractivity contribution is 7.15. The molecule has 1 aromatic carbocycles. The third-order valence-electron chi connectivity index (χ3n) is 2.25. The summed E-state index contributed by atoms with van der Waals surface area (Å²) >= 11 is 7.46. The Bertz CT molecular complexity index is 529. The third kappa shape index (κ3) is 3.28. The lowest BCUT2D eigenvalue weighted by molar-refractivity contribution is 1.20. The number of hydrazone groups is 1. The zero-order valence-corrected chi connectivity index (χ0v) is 11.1. The highest BCUT2D eigenvalue weighted by Gasteiger charge is 2.00. The summed E-state index contributed by atoms with van der Waals surface area (Å²) in [6.45, 7) is 4.02. The van der Waals surface area contributed by atoms with Gasteiger partial charge < -0.3 is 0 Å². The van der Waals surface area contributed by atoms with Crippen molar-refractivity contribution in [3.8, 4) is 0 Å². The van der Waals surface area contributed by atoms with E-state index >= 15 is 0 Å². The smallest absolute Gasteiger partial charge is 0.203 e. The number of benzene rings is 1. The predicted molar refractivity (Wildman–Crippen MR) is 74.3 cm³/mol.